The number of anilines is 1. The van der Waals surface area contributed by atoms with E-state index in [1.807, 2.05) is 24.3 Å². The summed E-state index contributed by atoms with van der Waals surface area (Å²) in [5.41, 5.74) is 0.916. The minimum absolute atomic E-state index is 0.0757. The molecule has 154 valence electrons. The van der Waals surface area contributed by atoms with Crippen molar-refractivity contribution in [3.8, 4) is 0 Å². The third-order valence-corrected chi connectivity index (χ3v) is 5.30. The van der Waals surface area contributed by atoms with Crippen LogP contribution in [-0.4, -0.2) is 48.7 Å². The minimum Gasteiger partial charge on any atom is -0.481 e. The number of nitrogens with zero attached hydrogens (tertiary/aromatic N) is 1. The van der Waals surface area contributed by atoms with Gasteiger partial charge < -0.3 is 20.1 Å². The molecule has 7 heteroatoms. The number of para-hydroxylation sites is 1. The van der Waals surface area contributed by atoms with E-state index in [-0.39, 0.29) is 37.8 Å². The van der Waals surface area contributed by atoms with E-state index in [9.17, 15) is 14.4 Å². The zero-order chi connectivity index (χ0) is 20.9. The Balaban J connectivity index is 2.16. The lowest BCUT2D eigenvalue weighted by Gasteiger charge is -2.30. The highest BCUT2D eigenvalue weighted by atomic mass is 16.5. The lowest BCUT2D eigenvalue weighted by molar-refractivity contribution is -0.140. The Labute approximate surface area is 166 Å². The van der Waals surface area contributed by atoms with Gasteiger partial charge in [-0.15, -0.1) is 0 Å². The molecule has 2 amide bonds. The molecule has 0 aliphatic carbocycles. The van der Waals surface area contributed by atoms with Crippen molar-refractivity contribution in [2.45, 2.75) is 51.5 Å². The molecule has 0 aromatic heterocycles. The van der Waals surface area contributed by atoms with E-state index in [1.165, 1.54) is 7.11 Å². The van der Waals surface area contributed by atoms with Crippen LogP contribution in [-0.2, 0) is 19.1 Å². The molecule has 2 rings (SSSR count). The molecule has 1 aliphatic heterocycles. The molecular formula is C21H30N2O5. The molecule has 1 aromatic rings. The Kier molecular flexibility index (Phi) is 7.18. The minimum atomic E-state index is -1.03. The Hall–Kier alpha value is -2.41. The number of amides is 2. The highest BCUT2D eigenvalue weighted by Crippen LogP contribution is 2.33. The van der Waals surface area contributed by atoms with Gasteiger partial charge in [0.1, 0.15) is 0 Å². The molecular weight excluding hydrogens is 360 g/mol. The maximum atomic E-state index is 12.8. The van der Waals surface area contributed by atoms with Gasteiger partial charge >= 0.3 is 5.97 Å². The highest BCUT2D eigenvalue weighted by molar-refractivity contribution is 6.01. The third kappa shape index (κ3) is 5.10. The first-order valence-electron chi connectivity index (χ1n) is 9.62. The summed E-state index contributed by atoms with van der Waals surface area (Å²) in [5, 5.41) is 11.9. The smallest absolute Gasteiger partial charge is 0.305 e. The molecule has 3 unspecified atom stereocenters. The predicted octanol–water partition coefficient (Wildman–Crippen LogP) is 2.55. The Morgan fingerprint density at radius 3 is 2.68 bits per heavy atom. The molecule has 1 aliphatic rings. The highest BCUT2D eigenvalue weighted by Gasteiger charge is 2.39. The van der Waals surface area contributed by atoms with Crippen molar-refractivity contribution in [1.29, 1.82) is 0 Å². The topological polar surface area (TPSA) is 95.9 Å². The van der Waals surface area contributed by atoms with Gasteiger partial charge in [-0.2, -0.15) is 0 Å². The third-order valence-electron chi connectivity index (χ3n) is 5.30. The molecule has 0 spiro atoms. The molecule has 0 radical (unpaired) electrons. The van der Waals surface area contributed by atoms with Crippen LogP contribution in [0.2, 0.25) is 0 Å². The van der Waals surface area contributed by atoms with Crippen molar-refractivity contribution in [2.75, 3.05) is 25.2 Å². The SMILES string of the molecule is CCC(C)c1ccccc1N1CC(C(=O)NC(C)(COC)CC(=O)O)CC1=O. The van der Waals surface area contributed by atoms with Crippen LogP contribution in [0.15, 0.2) is 24.3 Å². The van der Waals surface area contributed by atoms with Crippen LogP contribution in [0, 0.1) is 5.92 Å². The summed E-state index contributed by atoms with van der Waals surface area (Å²) in [6, 6.07) is 7.79. The number of carboxylic acids is 1. The number of benzene rings is 1. The van der Waals surface area contributed by atoms with E-state index in [4.69, 9.17) is 9.84 Å². The molecule has 1 saturated heterocycles. The summed E-state index contributed by atoms with van der Waals surface area (Å²) in [6.45, 7) is 6.21. The second-order valence-corrected chi connectivity index (χ2v) is 7.83. The number of rotatable bonds is 9. The molecule has 3 atom stereocenters. The van der Waals surface area contributed by atoms with E-state index in [2.05, 4.69) is 19.2 Å². The number of hydrogen-bond acceptors (Lipinski definition) is 4. The van der Waals surface area contributed by atoms with E-state index in [0.29, 0.717) is 5.92 Å². The fraction of sp³-hybridized carbons (Fsp3) is 0.571. The van der Waals surface area contributed by atoms with Gasteiger partial charge in [-0.3, -0.25) is 14.4 Å². The summed E-state index contributed by atoms with van der Waals surface area (Å²) in [4.78, 5) is 38.2. The van der Waals surface area contributed by atoms with E-state index < -0.39 is 17.4 Å². The Morgan fingerprint density at radius 1 is 1.39 bits per heavy atom. The van der Waals surface area contributed by atoms with Crippen molar-refractivity contribution in [1.82, 2.24) is 5.32 Å². The largest absolute Gasteiger partial charge is 0.481 e. The fourth-order valence-electron chi connectivity index (χ4n) is 3.67. The maximum Gasteiger partial charge on any atom is 0.305 e. The van der Waals surface area contributed by atoms with Crippen LogP contribution in [0.1, 0.15) is 51.5 Å². The van der Waals surface area contributed by atoms with Gasteiger partial charge in [0.15, 0.2) is 0 Å². The molecule has 7 nitrogen and oxygen atoms in total. The molecule has 28 heavy (non-hydrogen) atoms. The number of carbonyl (C=O) groups excluding carboxylic acids is 2. The average molecular weight is 390 g/mol. The first kappa shape index (κ1) is 21.9. The number of aliphatic carboxylic acids is 1. The normalized spacial score (nSPS) is 19.9. The number of carbonyl (C=O) groups is 3. The van der Waals surface area contributed by atoms with Crippen molar-refractivity contribution in [3.63, 3.8) is 0 Å². The van der Waals surface area contributed by atoms with Gasteiger partial charge in [0.2, 0.25) is 11.8 Å². The lowest BCUT2D eigenvalue weighted by Crippen LogP contribution is -2.52. The van der Waals surface area contributed by atoms with Gasteiger partial charge in [-0.25, -0.2) is 0 Å². The summed E-state index contributed by atoms with van der Waals surface area (Å²) in [6.07, 6.45) is 0.804. The quantitative estimate of drug-likeness (QED) is 0.676. The number of ether oxygens (including phenoxy) is 1. The van der Waals surface area contributed by atoms with E-state index in [0.717, 1.165) is 17.7 Å². The summed E-state index contributed by atoms with van der Waals surface area (Å²) in [7, 11) is 1.46. The second kappa shape index (κ2) is 9.19. The molecule has 1 aromatic carbocycles. The standard InChI is InChI=1S/C21H30N2O5/c1-5-14(2)16-8-6-7-9-17(16)23-12-15(10-18(23)24)20(27)22-21(3,13-28-4)11-19(25)26/h6-9,14-15H,5,10-13H2,1-4H3,(H,22,27)(H,25,26). The molecule has 2 N–H and O–H groups in total. The van der Waals surface area contributed by atoms with Gasteiger partial charge in [0.05, 0.1) is 24.5 Å². The van der Waals surface area contributed by atoms with Gasteiger partial charge in [0, 0.05) is 25.8 Å². The van der Waals surface area contributed by atoms with Crippen LogP contribution < -0.4 is 10.2 Å². The van der Waals surface area contributed by atoms with Crippen LogP contribution >= 0.6 is 0 Å². The average Bonchev–Trinajstić information content (AvgIpc) is 3.02. The fourth-order valence-corrected chi connectivity index (χ4v) is 3.67. The molecule has 0 bridgehead atoms. The van der Waals surface area contributed by atoms with Crippen molar-refractivity contribution in [3.05, 3.63) is 29.8 Å². The lowest BCUT2D eigenvalue weighted by atomic mass is 9.96. The van der Waals surface area contributed by atoms with Crippen molar-refractivity contribution < 1.29 is 24.2 Å². The summed E-state index contributed by atoms with van der Waals surface area (Å²) >= 11 is 0. The first-order valence-corrected chi connectivity index (χ1v) is 9.62. The van der Waals surface area contributed by atoms with E-state index in [1.54, 1.807) is 11.8 Å². The maximum absolute atomic E-state index is 12.8. The van der Waals surface area contributed by atoms with Gasteiger partial charge in [-0.05, 0) is 30.9 Å². The monoisotopic (exact) mass is 390 g/mol. The first-order chi connectivity index (χ1) is 13.2. The Bertz CT molecular complexity index is 735. The van der Waals surface area contributed by atoms with Crippen LogP contribution in [0.4, 0.5) is 5.69 Å². The van der Waals surface area contributed by atoms with Crippen molar-refractivity contribution >= 4 is 23.5 Å². The van der Waals surface area contributed by atoms with Crippen LogP contribution in [0.5, 0.6) is 0 Å². The number of nitrogens with one attached hydrogen (secondary N) is 1. The molecule has 1 fully saturated rings. The van der Waals surface area contributed by atoms with Crippen LogP contribution in [0.25, 0.3) is 0 Å². The predicted molar refractivity (Wildman–Crippen MR) is 106 cm³/mol. The summed E-state index contributed by atoms with van der Waals surface area (Å²) < 4.78 is 5.08. The second-order valence-electron chi connectivity index (χ2n) is 7.83. The van der Waals surface area contributed by atoms with Gasteiger partial charge in [0.25, 0.3) is 0 Å². The van der Waals surface area contributed by atoms with Crippen LogP contribution in [0.3, 0.4) is 0 Å². The van der Waals surface area contributed by atoms with E-state index >= 15 is 0 Å². The zero-order valence-electron chi connectivity index (χ0n) is 17.0. The Morgan fingerprint density at radius 2 is 2.07 bits per heavy atom. The summed E-state index contributed by atoms with van der Waals surface area (Å²) in [5.74, 6) is -1.66. The van der Waals surface area contributed by atoms with Crippen molar-refractivity contribution in [2.24, 2.45) is 5.92 Å². The molecule has 0 saturated carbocycles. The molecule has 1 heterocycles. The zero-order valence-corrected chi connectivity index (χ0v) is 17.0. The van der Waals surface area contributed by atoms with Gasteiger partial charge in [-0.1, -0.05) is 32.0 Å². The number of hydrogen-bond donors (Lipinski definition) is 2. The number of carboxylic acid groups (broad SMARTS) is 1. The number of methoxy groups -OCH3 is 1.